The average Bonchev–Trinajstić information content (AvgIpc) is 2.14. The van der Waals surface area contributed by atoms with Crippen LogP contribution in [-0.2, 0) is 6.42 Å². The number of hydrogen-bond acceptors (Lipinski definition) is 2. The lowest BCUT2D eigenvalue weighted by atomic mass is 9.84. The van der Waals surface area contributed by atoms with E-state index in [0.29, 0.717) is 0 Å². The maximum absolute atomic E-state index is 10.8. The molecule has 68 valence electrons. The number of rotatable bonds is 1. The van der Waals surface area contributed by atoms with Crippen LogP contribution in [0.3, 0.4) is 0 Å². The molecule has 0 atom stereocenters. The number of nitro benzene ring substituents is 1. The SMILES string of the molecule is O=[N+]([O-])c1ccc2c3c(cccc13)C2. The Morgan fingerprint density at radius 3 is 2.71 bits per heavy atom. The minimum Gasteiger partial charge on any atom is -0.258 e. The quantitative estimate of drug-likeness (QED) is 0.432. The van der Waals surface area contributed by atoms with Crippen LogP contribution in [0.5, 0.6) is 0 Å². The molecule has 2 aromatic rings. The summed E-state index contributed by atoms with van der Waals surface area (Å²) in [6.07, 6.45) is 0.949. The molecule has 0 bridgehead atoms. The standard InChI is InChI=1S/C11H7NO2/c13-12(14)10-5-4-8-6-7-2-1-3-9(10)11(7)8/h1-5H,6H2. The molecule has 1 aliphatic rings. The third-order valence-electron chi connectivity index (χ3n) is 2.77. The van der Waals surface area contributed by atoms with Gasteiger partial charge in [-0.25, -0.2) is 0 Å². The summed E-state index contributed by atoms with van der Waals surface area (Å²) in [5, 5.41) is 12.6. The first-order valence-electron chi connectivity index (χ1n) is 4.45. The summed E-state index contributed by atoms with van der Waals surface area (Å²) >= 11 is 0. The predicted octanol–water partition coefficient (Wildman–Crippen LogP) is 2.65. The van der Waals surface area contributed by atoms with Crippen LogP contribution in [0.4, 0.5) is 5.69 Å². The van der Waals surface area contributed by atoms with Crippen LogP contribution >= 0.6 is 0 Å². The summed E-state index contributed by atoms with van der Waals surface area (Å²) < 4.78 is 0. The first-order chi connectivity index (χ1) is 6.77. The molecule has 0 unspecified atom stereocenters. The molecule has 2 aromatic carbocycles. The molecule has 0 N–H and O–H groups in total. The van der Waals surface area contributed by atoms with E-state index in [0.717, 1.165) is 17.2 Å². The molecule has 3 nitrogen and oxygen atoms in total. The van der Waals surface area contributed by atoms with Crippen LogP contribution in [0, 0.1) is 10.1 Å². The lowest BCUT2D eigenvalue weighted by Gasteiger charge is -2.19. The predicted molar refractivity (Wildman–Crippen MR) is 53.4 cm³/mol. The van der Waals surface area contributed by atoms with E-state index in [1.165, 1.54) is 11.1 Å². The number of hydrogen-bond donors (Lipinski definition) is 0. The van der Waals surface area contributed by atoms with Gasteiger partial charge < -0.3 is 0 Å². The van der Waals surface area contributed by atoms with Gasteiger partial charge in [-0.05, 0) is 29.0 Å². The minimum atomic E-state index is -0.318. The van der Waals surface area contributed by atoms with E-state index in [1.807, 2.05) is 24.3 Å². The first kappa shape index (κ1) is 7.50. The minimum absolute atomic E-state index is 0.213. The smallest absolute Gasteiger partial charge is 0.258 e. The lowest BCUT2D eigenvalue weighted by molar-refractivity contribution is -0.383. The van der Waals surface area contributed by atoms with Crippen LogP contribution in [0.1, 0.15) is 11.1 Å². The largest absolute Gasteiger partial charge is 0.277 e. The van der Waals surface area contributed by atoms with Gasteiger partial charge in [0, 0.05) is 6.07 Å². The van der Waals surface area contributed by atoms with E-state index in [4.69, 9.17) is 0 Å². The van der Waals surface area contributed by atoms with E-state index in [2.05, 4.69) is 0 Å². The Bertz CT molecular complexity index is 552. The number of benzene rings is 2. The summed E-state index contributed by atoms with van der Waals surface area (Å²) in [6, 6.07) is 9.18. The zero-order valence-electron chi connectivity index (χ0n) is 7.36. The number of non-ortho nitro benzene ring substituents is 1. The fourth-order valence-corrected chi connectivity index (χ4v) is 2.10. The highest BCUT2D eigenvalue weighted by Crippen LogP contribution is 2.38. The van der Waals surface area contributed by atoms with Crippen molar-refractivity contribution < 1.29 is 4.92 Å². The number of nitrogens with zero attached hydrogens (tertiary/aromatic N) is 1. The Labute approximate surface area is 80.1 Å². The van der Waals surface area contributed by atoms with Gasteiger partial charge in [-0.1, -0.05) is 18.2 Å². The van der Waals surface area contributed by atoms with Crippen LogP contribution in [0.2, 0.25) is 0 Å². The second-order valence-corrected chi connectivity index (χ2v) is 3.52. The maximum Gasteiger partial charge on any atom is 0.277 e. The van der Waals surface area contributed by atoms with Crippen molar-refractivity contribution in [3.63, 3.8) is 0 Å². The molecular weight excluding hydrogens is 178 g/mol. The molecule has 0 aliphatic heterocycles. The van der Waals surface area contributed by atoms with Gasteiger partial charge in [0.2, 0.25) is 0 Å². The maximum atomic E-state index is 10.8. The van der Waals surface area contributed by atoms with Gasteiger partial charge in [0.05, 0.1) is 10.3 Å². The highest BCUT2D eigenvalue weighted by Gasteiger charge is 2.21. The summed E-state index contributed by atoms with van der Waals surface area (Å²) in [5.74, 6) is 0. The third kappa shape index (κ3) is 0.763. The summed E-state index contributed by atoms with van der Waals surface area (Å²) in [5.41, 5.74) is 2.66. The molecule has 0 radical (unpaired) electrons. The topological polar surface area (TPSA) is 43.1 Å². The molecule has 0 aromatic heterocycles. The Morgan fingerprint density at radius 2 is 1.93 bits per heavy atom. The first-order valence-corrected chi connectivity index (χ1v) is 4.45. The molecule has 1 aliphatic carbocycles. The molecule has 3 heteroatoms. The summed E-state index contributed by atoms with van der Waals surface area (Å²) in [6.45, 7) is 0. The molecule has 0 saturated heterocycles. The van der Waals surface area contributed by atoms with Crippen LogP contribution in [0.25, 0.3) is 10.8 Å². The fourth-order valence-electron chi connectivity index (χ4n) is 2.10. The van der Waals surface area contributed by atoms with Crippen LogP contribution in [0.15, 0.2) is 30.3 Å². The van der Waals surface area contributed by atoms with Crippen LogP contribution in [-0.4, -0.2) is 4.92 Å². The van der Waals surface area contributed by atoms with Gasteiger partial charge in [-0.15, -0.1) is 0 Å². The average molecular weight is 185 g/mol. The van der Waals surface area contributed by atoms with Crippen molar-refractivity contribution in [2.75, 3.05) is 0 Å². The van der Waals surface area contributed by atoms with Gasteiger partial charge in [-0.2, -0.15) is 0 Å². The van der Waals surface area contributed by atoms with Gasteiger partial charge in [0.15, 0.2) is 0 Å². The van der Waals surface area contributed by atoms with Crippen molar-refractivity contribution in [1.82, 2.24) is 0 Å². The molecule has 14 heavy (non-hydrogen) atoms. The van der Waals surface area contributed by atoms with Crippen molar-refractivity contribution in [3.8, 4) is 0 Å². The molecule has 0 spiro atoms. The Morgan fingerprint density at radius 1 is 1.14 bits per heavy atom. The highest BCUT2D eigenvalue weighted by atomic mass is 16.6. The van der Waals surface area contributed by atoms with E-state index < -0.39 is 0 Å². The molecule has 3 rings (SSSR count). The lowest BCUT2D eigenvalue weighted by Crippen LogP contribution is -2.04. The van der Waals surface area contributed by atoms with Gasteiger partial charge >= 0.3 is 0 Å². The summed E-state index contributed by atoms with van der Waals surface area (Å²) in [4.78, 5) is 10.4. The van der Waals surface area contributed by atoms with Gasteiger partial charge in [0.25, 0.3) is 5.69 Å². The van der Waals surface area contributed by atoms with Crippen molar-refractivity contribution in [2.45, 2.75) is 6.42 Å². The van der Waals surface area contributed by atoms with E-state index in [1.54, 1.807) is 6.07 Å². The molecule has 0 saturated carbocycles. The zero-order valence-corrected chi connectivity index (χ0v) is 7.36. The van der Waals surface area contributed by atoms with Gasteiger partial charge in [-0.3, -0.25) is 10.1 Å². The monoisotopic (exact) mass is 185 g/mol. The Kier molecular flexibility index (Phi) is 1.24. The zero-order chi connectivity index (χ0) is 9.71. The van der Waals surface area contributed by atoms with E-state index >= 15 is 0 Å². The molecule has 0 heterocycles. The second kappa shape index (κ2) is 2.32. The Hall–Kier alpha value is -1.90. The van der Waals surface area contributed by atoms with Crippen molar-refractivity contribution in [2.24, 2.45) is 0 Å². The van der Waals surface area contributed by atoms with E-state index in [-0.39, 0.29) is 10.6 Å². The van der Waals surface area contributed by atoms with Crippen molar-refractivity contribution >= 4 is 16.5 Å². The van der Waals surface area contributed by atoms with Gasteiger partial charge in [0.1, 0.15) is 0 Å². The molecule has 0 fully saturated rings. The normalized spacial score (nSPS) is 12.6. The molecule has 0 amide bonds. The second-order valence-electron chi connectivity index (χ2n) is 3.52. The van der Waals surface area contributed by atoms with Crippen molar-refractivity contribution in [1.29, 1.82) is 0 Å². The third-order valence-corrected chi connectivity index (χ3v) is 2.77. The summed E-state index contributed by atoms with van der Waals surface area (Å²) in [7, 11) is 0. The highest BCUT2D eigenvalue weighted by molar-refractivity contribution is 5.99. The van der Waals surface area contributed by atoms with E-state index in [9.17, 15) is 10.1 Å². The fraction of sp³-hybridized carbons (Fsp3) is 0.0909. The molecular formula is C11H7NO2. The van der Waals surface area contributed by atoms with Crippen LogP contribution < -0.4 is 0 Å². The van der Waals surface area contributed by atoms with Crippen molar-refractivity contribution in [3.05, 3.63) is 51.6 Å². The number of nitro groups is 1. The Balaban J connectivity index is 2.47.